The Bertz CT molecular complexity index is 685. The Morgan fingerprint density at radius 2 is 1.77 bits per heavy atom. The first kappa shape index (κ1) is 20.6. The van der Waals surface area contributed by atoms with Crippen molar-refractivity contribution in [2.45, 2.75) is 17.9 Å². The molecule has 0 saturated carbocycles. The first-order valence-corrected chi connectivity index (χ1v) is 9.99. The van der Waals surface area contributed by atoms with Gasteiger partial charge in [0.25, 0.3) is 0 Å². The Hall–Kier alpha value is -1.68. The number of rotatable bonds is 8. The van der Waals surface area contributed by atoms with E-state index in [2.05, 4.69) is 5.32 Å². The molecule has 1 aromatic rings. The SMILES string of the molecule is COCCNC(=O)[C@H](C)N1CCN(S(=O)(=O)c2ccc(OC)cc2)CC1. The van der Waals surface area contributed by atoms with Crippen LogP contribution in [0, 0.1) is 0 Å². The van der Waals surface area contributed by atoms with Crippen LogP contribution in [-0.4, -0.2) is 83.1 Å². The van der Waals surface area contributed by atoms with Crippen LogP contribution in [0.2, 0.25) is 0 Å². The minimum Gasteiger partial charge on any atom is -0.497 e. The van der Waals surface area contributed by atoms with Gasteiger partial charge in [-0.1, -0.05) is 0 Å². The number of ether oxygens (including phenoxy) is 2. The van der Waals surface area contributed by atoms with Crippen molar-refractivity contribution in [1.82, 2.24) is 14.5 Å². The van der Waals surface area contributed by atoms with Gasteiger partial charge in [0.1, 0.15) is 5.75 Å². The van der Waals surface area contributed by atoms with E-state index in [1.807, 2.05) is 11.8 Å². The molecule has 0 radical (unpaired) electrons. The van der Waals surface area contributed by atoms with Crippen LogP contribution >= 0.6 is 0 Å². The van der Waals surface area contributed by atoms with E-state index in [0.717, 1.165) is 0 Å². The van der Waals surface area contributed by atoms with Gasteiger partial charge in [0.2, 0.25) is 15.9 Å². The van der Waals surface area contributed by atoms with Crippen LogP contribution in [0.3, 0.4) is 0 Å². The molecule has 0 bridgehead atoms. The largest absolute Gasteiger partial charge is 0.497 e. The number of carbonyl (C=O) groups is 1. The van der Waals surface area contributed by atoms with Crippen molar-refractivity contribution in [2.24, 2.45) is 0 Å². The molecule has 146 valence electrons. The molecule has 9 heteroatoms. The molecule has 1 aliphatic heterocycles. The molecule has 26 heavy (non-hydrogen) atoms. The first-order valence-electron chi connectivity index (χ1n) is 8.55. The number of amides is 1. The maximum absolute atomic E-state index is 12.7. The summed E-state index contributed by atoms with van der Waals surface area (Å²) in [4.78, 5) is 14.4. The number of nitrogens with zero attached hydrogens (tertiary/aromatic N) is 2. The van der Waals surface area contributed by atoms with E-state index in [1.165, 1.54) is 11.4 Å². The lowest BCUT2D eigenvalue weighted by Crippen LogP contribution is -2.55. The standard InChI is InChI=1S/C17H27N3O5S/c1-14(17(21)18-8-13-24-2)19-9-11-20(12-10-19)26(22,23)16-6-4-15(25-3)5-7-16/h4-7,14H,8-13H2,1-3H3,(H,18,21)/t14-/m0/s1. The van der Waals surface area contributed by atoms with Gasteiger partial charge < -0.3 is 14.8 Å². The van der Waals surface area contributed by atoms with Gasteiger partial charge in [-0.25, -0.2) is 8.42 Å². The van der Waals surface area contributed by atoms with Gasteiger partial charge >= 0.3 is 0 Å². The molecule has 0 unspecified atom stereocenters. The molecule has 2 rings (SSSR count). The summed E-state index contributed by atoms with van der Waals surface area (Å²) >= 11 is 0. The monoisotopic (exact) mass is 385 g/mol. The zero-order valence-corrected chi connectivity index (χ0v) is 16.3. The smallest absolute Gasteiger partial charge is 0.243 e. The Morgan fingerprint density at radius 3 is 2.31 bits per heavy atom. The lowest BCUT2D eigenvalue weighted by atomic mass is 10.2. The molecule has 1 N–H and O–H groups in total. The van der Waals surface area contributed by atoms with Crippen LogP contribution in [0.5, 0.6) is 5.75 Å². The number of nitrogens with one attached hydrogen (secondary N) is 1. The summed E-state index contributed by atoms with van der Waals surface area (Å²) in [5.74, 6) is 0.538. The second-order valence-electron chi connectivity index (χ2n) is 6.08. The third kappa shape index (κ3) is 4.94. The average Bonchev–Trinajstić information content (AvgIpc) is 2.67. The normalized spacial score (nSPS) is 17.7. The summed E-state index contributed by atoms with van der Waals surface area (Å²) in [6.07, 6.45) is 0. The van der Waals surface area contributed by atoms with E-state index in [-0.39, 0.29) is 16.8 Å². The third-order valence-electron chi connectivity index (χ3n) is 4.50. The van der Waals surface area contributed by atoms with Crippen LogP contribution < -0.4 is 10.1 Å². The molecule has 8 nitrogen and oxygen atoms in total. The number of sulfonamides is 1. The molecule has 1 heterocycles. The summed E-state index contributed by atoms with van der Waals surface area (Å²) in [5, 5.41) is 2.81. The summed E-state index contributed by atoms with van der Waals surface area (Å²) in [5.41, 5.74) is 0. The van der Waals surface area contributed by atoms with Gasteiger partial charge in [-0.3, -0.25) is 9.69 Å². The summed E-state index contributed by atoms with van der Waals surface area (Å²) in [6, 6.07) is 6.06. The predicted octanol–water partition coefficient (Wildman–Crippen LogP) is 0.153. The highest BCUT2D eigenvalue weighted by atomic mass is 32.2. The molecule has 1 amide bonds. The molecular weight excluding hydrogens is 358 g/mol. The average molecular weight is 385 g/mol. The minimum atomic E-state index is -3.54. The molecule has 0 aromatic heterocycles. The van der Waals surface area contributed by atoms with Gasteiger partial charge in [0, 0.05) is 39.8 Å². The summed E-state index contributed by atoms with van der Waals surface area (Å²) in [7, 11) is -0.421. The van der Waals surface area contributed by atoms with E-state index in [9.17, 15) is 13.2 Å². The van der Waals surface area contributed by atoms with Crippen LogP contribution in [-0.2, 0) is 19.6 Å². The molecule has 0 spiro atoms. The van der Waals surface area contributed by atoms with Gasteiger partial charge in [0.05, 0.1) is 24.7 Å². The molecule has 1 aliphatic rings. The fraction of sp³-hybridized carbons (Fsp3) is 0.588. The molecule has 0 aliphatic carbocycles. The molecule has 1 aromatic carbocycles. The summed E-state index contributed by atoms with van der Waals surface area (Å²) < 4.78 is 36.9. The Labute approximate surface area is 155 Å². The van der Waals surface area contributed by atoms with E-state index in [1.54, 1.807) is 31.4 Å². The fourth-order valence-corrected chi connectivity index (χ4v) is 4.24. The minimum absolute atomic E-state index is 0.0755. The number of hydrogen-bond acceptors (Lipinski definition) is 6. The van der Waals surface area contributed by atoms with Crippen molar-refractivity contribution < 1.29 is 22.7 Å². The highest BCUT2D eigenvalue weighted by molar-refractivity contribution is 7.89. The first-order chi connectivity index (χ1) is 12.4. The van der Waals surface area contributed by atoms with E-state index in [0.29, 0.717) is 45.1 Å². The fourth-order valence-electron chi connectivity index (χ4n) is 2.82. The quantitative estimate of drug-likeness (QED) is 0.641. The van der Waals surface area contributed by atoms with Crippen molar-refractivity contribution in [2.75, 3.05) is 53.6 Å². The van der Waals surface area contributed by atoms with Crippen molar-refractivity contribution in [3.05, 3.63) is 24.3 Å². The number of piperazine rings is 1. The molecule has 1 fully saturated rings. The van der Waals surface area contributed by atoms with Gasteiger partial charge in [-0.05, 0) is 31.2 Å². The zero-order valence-electron chi connectivity index (χ0n) is 15.5. The van der Waals surface area contributed by atoms with Crippen LogP contribution in [0.1, 0.15) is 6.92 Å². The number of benzene rings is 1. The topological polar surface area (TPSA) is 88.2 Å². The van der Waals surface area contributed by atoms with Gasteiger partial charge in [-0.15, -0.1) is 0 Å². The predicted molar refractivity (Wildman–Crippen MR) is 97.7 cm³/mol. The van der Waals surface area contributed by atoms with Crippen molar-refractivity contribution in [1.29, 1.82) is 0 Å². The molecular formula is C17H27N3O5S. The Morgan fingerprint density at radius 1 is 1.15 bits per heavy atom. The highest BCUT2D eigenvalue weighted by Crippen LogP contribution is 2.21. The van der Waals surface area contributed by atoms with E-state index >= 15 is 0 Å². The van der Waals surface area contributed by atoms with Gasteiger partial charge in [0.15, 0.2) is 0 Å². The Balaban J connectivity index is 1.93. The van der Waals surface area contributed by atoms with Crippen LogP contribution in [0.25, 0.3) is 0 Å². The molecule has 1 saturated heterocycles. The van der Waals surface area contributed by atoms with Crippen molar-refractivity contribution in [3.63, 3.8) is 0 Å². The Kier molecular flexibility index (Phi) is 7.39. The van der Waals surface area contributed by atoms with Crippen molar-refractivity contribution >= 4 is 15.9 Å². The highest BCUT2D eigenvalue weighted by Gasteiger charge is 2.31. The van der Waals surface area contributed by atoms with E-state index < -0.39 is 10.0 Å². The summed E-state index contributed by atoms with van der Waals surface area (Å²) in [6.45, 7) is 4.48. The number of hydrogen-bond donors (Lipinski definition) is 1. The second kappa shape index (κ2) is 9.31. The van der Waals surface area contributed by atoms with Crippen LogP contribution in [0.4, 0.5) is 0 Å². The van der Waals surface area contributed by atoms with Gasteiger partial charge in [-0.2, -0.15) is 4.31 Å². The maximum Gasteiger partial charge on any atom is 0.243 e. The maximum atomic E-state index is 12.7. The van der Waals surface area contributed by atoms with Crippen LogP contribution in [0.15, 0.2) is 29.2 Å². The zero-order chi connectivity index (χ0) is 19.2. The lowest BCUT2D eigenvalue weighted by molar-refractivity contribution is -0.126. The second-order valence-corrected chi connectivity index (χ2v) is 8.01. The lowest BCUT2D eigenvalue weighted by Gasteiger charge is -2.36. The third-order valence-corrected chi connectivity index (χ3v) is 6.42. The number of carbonyl (C=O) groups excluding carboxylic acids is 1. The molecule has 1 atom stereocenters. The van der Waals surface area contributed by atoms with Crippen molar-refractivity contribution in [3.8, 4) is 5.75 Å². The number of methoxy groups -OCH3 is 2. The van der Waals surface area contributed by atoms with E-state index in [4.69, 9.17) is 9.47 Å².